The van der Waals surface area contributed by atoms with Crippen molar-refractivity contribution in [2.24, 2.45) is 0 Å². The van der Waals surface area contributed by atoms with Gasteiger partial charge in [0.25, 0.3) is 0 Å². The molecule has 0 fully saturated rings. The van der Waals surface area contributed by atoms with Crippen LogP contribution in [0, 0.1) is 0 Å². The van der Waals surface area contributed by atoms with Crippen LogP contribution < -0.4 is 0 Å². The normalized spacial score (nSPS) is 16.8. The van der Waals surface area contributed by atoms with Crippen LogP contribution in [0.25, 0.3) is 0 Å². The monoisotopic (exact) mass is 296 g/mol. The minimum atomic E-state index is -4.25. The summed E-state index contributed by atoms with van der Waals surface area (Å²) in [6.45, 7) is 2.14. The fourth-order valence-electron chi connectivity index (χ4n) is 0.547. The van der Waals surface area contributed by atoms with E-state index in [-0.39, 0.29) is 6.61 Å². The molecule has 8 heteroatoms. The van der Waals surface area contributed by atoms with Gasteiger partial charge in [0.1, 0.15) is 0 Å². The average molecular weight is 295 g/mol. The van der Waals surface area contributed by atoms with Gasteiger partial charge in [-0.2, -0.15) is 0 Å². The summed E-state index contributed by atoms with van der Waals surface area (Å²) in [4.78, 5) is 0. The number of hydrogen-bond acceptors (Lipinski definition) is 4. The van der Waals surface area contributed by atoms with E-state index in [1.54, 1.807) is 0 Å². The second kappa shape index (κ2) is 5.43. The summed E-state index contributed by atoms with van der Waals surface area (Å²) < 4.78 is 45.2. The van der Waals surface area contributed by atoms with Gasteiger partial charge in [-0.15, -0.1) is 0 Å². The van der Waals surface area contributed by atoms with Crippen LogP contribution in [0.4, 0.5) is 0 Å². The standard InChI is InChI=1S/C5H12O5S2Se/c1-2-3-4-10-12(9,13)5-11(6,7)8/h2-5H2,1H3,(H,6,7,8). The first kappa shape index (κ1) is 13.5. The van der Waals surface area contributed by atoms with Gasteiger partial charge in [0, 0.05) is 0 Å². The molecule has 1 N–H and O–H groups in total. The zero-order valence-electron chi connectivity index (χ0n) is 7.13. The van der Waals surface area contributed by atoms with Crippen LogP contribution >= 0.6 is 0 Å². The Labute approximate surface area is 85.5 Å². The van der Waals surface area contributed by atoms with Crippen LogP contribution in [0.5, 0.6) is 0 Å². The molecule has 0 aromatic rings. The summed E-state index contributed by atoms with van der Waals surface area (Å²) in [5.41, 5.74) is 0. The Morgan fingerprint density at radius 2 is 1.92 bits per heavy atom. The summed E-state index contributed by atoms with van der Waals surface area (Å²) in [7, 11) is -7.28. The third-order valence-electron chi connectivity index (χ3n) is 1.05. The molecule has 0 heterocycles. The van der Waals surface area contributed by atoms with Gasteiger partial charge < -0.3 is 0 Å². The SMILES string of the molecule is CCCCOS(=O)(=[Se])CS(=O)(=O)O. The zero-order valence-corrected chi connectivity index (χ0v) is 10.5. The third kappa shape index (κ3) is 8.86. The summed E-state index contributed by atoms with van der Waals surface area (Å²) in [6.07, 6.45) is 1.56. The Morgan fingerprint density at radius 3 is 2.31 bits per heavy atom. The average Bonchev–Trinajstić information content (AvgIpc) is 1.81. The van der Waals surface area contributed by atoms with Crippen molar-refractivity contribution in [3.8, 4) is 0 Å². The predicted octanol–water partition coefficient (Wildman–Crippen LogP) is -0.0687. The first-order valence-corrected chi connectivity index (χ1v) is 8.87. The van der Waals surface area contributed by atoms with Crippen molar-refractivity contribution in [2.75, 3.05) is 11.7 Å². The number of rotatable bonds is 6. The van der Waals surface area contributed by atoms with Crippen molar-refractivity contribution < 1.29 is 21.4 Å². The van der Waals surface area contributed by atoms with E-state index in [1.807, 2.05) is 6.92 Å². The van der Waals surface area contributed by atoms with Crippen molar-refractivity contribution in [3.05, 3.63) is 0 Å². The molecule has 0 spiro atoms. The maximum absolute atomic E-state index is 11.3. The molecule has 80 valence electrons. The van der Waals surface area contributed by atoms with Gasteiger partial charge in [0.05, 0.1) is 0 Å². The number of hydrogen-bond donors (Lipinski definition) is 1. The summed E-state index contributed by atoms with van der Waals surface area (Å²) in [5, 5.41) is -0.885. The number of unbranched alkanes of at least 4 members (excludes halogenated alkanes) is 1. The Hall–Kier alpha value is 0.539. The van der Waals surface area contributed by atoms with Crippen LogP contribution in [0.15, 0.2) is 0 Å². The van der Waals surface area contributed by atoms with Crippen LogP contribution in [-0.4, -0.2) is 43.3 Å². The van der Waals surface area contributed by atoms with Gasteiger partial charge in [-0.25, -0.2) is 0 Å². The molecular weight excluding hydrogens is 283 g/mol. The van der Waals surface area contributed by atoms with E-state index in [9.17, 15) is 12.6 Å². The molecule has 0 saturated heterocycles. The molecule has 0 bridgehead atoms. The predicted molar refractivity (Wildman–Crippen MR) is 51.2 cm³/mol. The second-order valence-corrected chi connectivity index (χ2v) is 9.09. The molecule has 0 aromatic carbocycles. The van der Waals surface area contributed by atoms with Gasteiger partial charge in [0.2, 0.25) is 0 Å². The van der Waals surface area contributed by atoms with Crippen molar-refractivity contribution in [2.45, 2.75) is 19.8 Å². The summed E-state index contributed by atoms with van der Waals surface area (Å²) >= 11 is 2.14. The Morgan fingerprint density at radius 1 is 1.38 bits per heavy atom. The maximum atomic E-state index is 11.3. The first-order chi connectivity index (χ1) is 5.77. The molecule has 0 radical (unpaired) electrons. The van der Waals surface area contributed by atoms with Gasteiger partial charge in [-0.05, 0) is 0 Å². The molecule has 1 unspecified atom stereocenters. The minimum absolute atomic E-state index is 0.220. The van der Waals surface area contributed by atoms with Crippen LogP contribution in [0.2, 0.25) is 0 Å². The molecule has 0 aliphatic heterocycles. The van der Waals surface area contributed by atoms with Gasteiger partial charge in [-0.3, -0.25) is 0 Å². The van der Waals surface area contributed by atoms with Crippen LogP contribution in [0.1, 0.15) is 19.8 Å². The fraction of sp³-hybridized carbons (Fsp3) is 1.00. The Bertz CT molecular complexity index is 330. The first-order valence-electron chi connectivity index (χ1n) is 3.59. The summed E-state index contributed by atoms with van der Waals surface area (Å²) in [5.74, 6) is 0. The second-order valence-electron chi connectivity index (χ2n) is 2.43. The molecular formula is C5H12O5S2Se. The van der Waals surface area contributed by atoms with E-state index in [1.165, 1.54) is 0 Å². The van der Waals surface area contributed by atoms with E-state index in [4.69, 9.17) is 8.74 Å². The fourth-order valence-corrected chi connectivity index (χ4v) is 5.37. The van der Waals surface area contributed by atoms with Crippen molar-refractivity contribution in [3.63, 3.8) is 0 Å². The van der Waals surface area contributed by atoms with E-state index >= 15 is 0 Å². The van der Waals surface area contributed by atoms with Gasteiger partial charge in [-0.1, -0.05) is 0 Å². The van der Waals surface area contributed by atoms with Crippen molar-refractivity contribution in [1.29, 1.82) is 0 Å². The molecule has 0 aliphatic rings. The van der Waals surface area contributed by atoms with Crippen LogP contribution in [0.3, 0.4) is 0 Å². The third-order valence-corrected chi connectivity index (χ3v) is 6.35. The van der Waals surface area contributed by atoms with E-state index in [2.05, 4.69) is 14.4 Å². The van der Waals surface area contributed by atoms with Crippen molar-refractivity contribution >= 4 is 32.6 Å². The van der Waals surface area contributed by atoms with Crippen molar-refractivity contribution in [1.82, 2.24) is 0 Å². The quantitative estimate of drug-likeness (QED) is 0.421. The zero-order chi connectivity index (χ0) is 10.5. The van der Waals surface area contributed by atoms with Gasteiger partial charge >= 0.3 is 85.5 Å². The molecule has 0 saturated carbocycles. The molecule has 5 nitrogen and oxygen atoms in total. The molecule has 0 aliphatic carbocycles. The molecule has 13 heavy (non-hydrogen) atoms. The summed E-state index contributed by atoms with van der Waals surface area (Å²) in [6, 6.07) is 0. The van der Waals surface area contributed by atoms with Gasteiger partial charge in [0.15, 0.2) is 0 Å². The molecule has 0 aromatic heterocycles. The van der Waals surface area contributed by atoms with E-state index < -0.39 is 23.3 Å². The molecule has 0 amide bonds. The topological polar surface area (TPSA) is 80.7 Å². The molecule has 0 rings (SSSR count). The Kier molecular flexibility index (Phi) is 5.65. The van der Waals surface area contributed by atoms with E-state index in [0.29, 0.717) is 6.42 Å². The molecule has 1 atom stereocenters. The van der Waals surface area contributed by atoms with Crippen LogP contribution in [-0.2, 0) is 22.4 Å². The Balaban J connectivity index is 4.12. The van der Waals surface area contributed by atoms with E-state index in [0.717, 1.165) is 6.42 Å².